The van der Waals surface area contributed by atoms with Crippen LogP contribution >= 0.6 is 0 Å². The summed E-state index contributed by atoms with van der Waals surface area (Å²) >= 11 is 0. The summed E-state index contributed by atoms with van der Waals surface area (Å²) in [7, 11) is 0. The molecule has 0 spiro atoms. The molecule has 2 rings (SSSR count). The van der Waals surface area contributed by atoms with E-state index in [2.05, 4.69) is 22.0 Å². The largest absolute Gasteiger partial charge is 0.384 e. The van der Waals surface area contributed by atoms with Crippen LogP contribution in [-0.4, -0.2) is 15.1 Å². The molecule has 0 saturated heterocycles. The fourth-order valence-electron chi connectivity index (χ4n) is 1.82. The zero-order valence-electron chi connectivity index (χ0n) is 10.3. The van der Waals surface area contributed by atoms with E-state index in [9.17, 15) is 0 Å². The van der Waals surface area contributed by atoms with Gasteiger partial charge in [-0.05, 0) is 20.3 Å². The third-order valence-electron chi connectivity index (χ3n) is 2.56. The number of anilines is 1. The zero-order chi connectivity index (χ0) is 12.4. The van der Waals surface area contributed by atoms with Crippen molar-refractivity contribution in [2.24, 2.45) is 0 Å². The van der Waals surface area contributed by atoms with Crippen molar-refractivity contribution in [2.75, 3.05) is 5.73 Å². The van der Waals surface area contributed by atoms with Crippen molar-refractivity contribution in [3.63, 3.8) is 0 Å². The van der Waals surface area contributed by atoms with Crippen molar-refractivity contribution in [1.82, 2.24) is 15.1 Å². The first-order chi connectivity index (χ1) is 8.11. The van der Waals surface area contributed by atoms with Gasteiger partial charge in [0.15, 0.2) is 5.82 Å². The van der Waals surface area contributed by atoms with Gasteiger partial charge >= 0.3 is 0 Å². The lowest BCUT2D eigenvalue weighted by atomic mass is 10.1. The number of nitrogen functional groups attached to an aromatic ring is 1. The lowest BCUT2D eigenvalue weighted by Crippen LogP contribution is -2.01. The van der Waals surface area contributed by atoms with Gasteiger partial charge in [0.05, 0.1) is 11.3 Å². The molecule has 0 aliphatic heterocycles. The maximum atomic E-state index is 5.79. The number of nitrogens with zero attached hydrogens (tertiary/aromatic N) is 3. The van der Waals surface area contributed by atoms with Crippen LogP contribution in [0.5, 0.6) is 0 Å². The smallest absolute Gasteiger partial charge is 0.167 e. The Labute approximate surface area is 100 Å². The monoisotopic (exact) mass is 232 g/mol. The summed E-state index contributed by atoms with van der Waals surface area (Å²) in [6.07, 6.45) is 1.92. The van der Waals surface area contributed by atoms with Crippen molar-refractivity contribution in [3.05, 3.63) is 23.2 Å². The van der Waals surface area contributed by atoms with Crippen LogP contribution in [0.1, 0.15) is 30.5 Å². The van der Waals surface area contributed by atoms with E-state index in [0.717, 1.165) is 35.6 Å². The summed E-state index contributed by atoms with van der Waals surface area (Å²) in [5.41, 5.74) is 8.38. The third kappa shape index (κ3) is 2.27. The van der Waals surface area contributed by atoms with Gasteiger partial charge in [0.25, 0.3) is 0 Å². The number of nitrogens with two attached hydrogens (primary N) is 1. The topological polar surface area (TPSA) is 77.8 Å². The number of aryl methyl sites for hydroxylation is 3. The first-order valence-corrected chi connectivity index (χ1v) is 5.68. The minimum absolute atomic E-state index is 0.485. The molecule has 0 unspecified atom stereocenters. The van der Waals surface area contributed by atoms with Gasteiger partial charge < -0.3 is 10.3 Å². The predicted molar refractivity (Wildman–Crippen MR) is 65.4 cm³/mol. The molecule has 2 N–H and O–H groups in total. The Morgan fingerprint density at radius 3 is 2.65 bits per heavy atom. The molecule has 5 heteroatoms. The van der Waals surface area contributed by atoms with E-state index >= 15 is 0 Å². The normalized spacial score (nSPS) is 10.8. The van der Waals surface area contributed by atoms with Gasteiger partial charge in [-0.3, -0.25) is 0 Å². The van der Waals surface area contributed by atoms with Crippen LogP contribution in [0.2, 0.25) is 0 Å². The molecule has 0 aliphatic rings. The molecule has 0 saturated carbocycles. The second kappa shape index (κ2) is 4.53. The first kappa shape index (κ1) is 11.6. The molecule has 2 aromatic rings. The average Bonchev–Trinajstić information content (AvgIpc) is 2.58. The van der Waals surface area contributed by atoms with Gasteiger partial charge in [-0.1, -0.05) is 18.5 Å². The summed E-state index contributed by atoms with van der Waals surface area (Å²) in [6, 6.07) is 1.81. The molecule has 5 nitrogen and oxygen atoms in total. The second-order valence-corrected chi connectivity index (χ2v) is 4.06. The summed E-state index contributed by atoms with van der Waals surface area (Å²) in [5.74, 6) is 1.80. The van der Waals surface area contributed by atoms with Crippen LogP contribution < -0.4 is 5.73 Å². The molecule has 0 amide bonds. The lowest BCUT2D eigenvalue weighted by Gasteiger charge is -2.04. The molecule has 0 aromatic carbocycles. The molecular weight excluding hydrogens is 216 g/mol. The predicted octanol–water partition coefficient (Wildman–Crippen LogP) is 2.28. The van der Waals surface area contributed by atoms with E-state index in [-0.39, 0.29) is 0 Å². The Morgan fingerprint density at radius 2 is 2.06 bits per heavy atom. The van der Waals surface area contributed by atoms with E-state index in [1.54, 1.807) is 0 Å². The Hall–Kier alpha value is -1.91. The highest BCUT2D eigenvalue weighted by atomic mass is 16.5. The van der Waals surface area contributed by atoms with E-state index in [4.69, 9.17) is 10.3 Å². The van der Waals surface area contributed by atoms with Crippen LogP contribution in [0.15, 0.2) is 10.6 Å². The number of hydrogen-bond donors (Lipinski definition) is 1. The van der Waals surface area contributed by atoms with Gasteiger partial charge in [0, 0.05) is 11.8 Å². The van der Waals surface area contributed by atoms with Crippen LogP contribution in [-0.2, 0) is 6.42 Å². The minimum Gasteiger partial charge on any atom is -0.384 e. The Balaban J connectivity index is 2.52. The van der Waals surface area contributed by atoms with Crippen LogP contribution in [0.25, 0.3) is 11.4 Å². The Morgan fingerprint density at radius 1 is 1.29 bits per heavy atom. The van der Waals surface area contributed by atoms with Crippen LogP contribution in [0.4, 0.5) is 5.82 Å². The molecule has 0 radical (unpaired) electrons. The molecule has 0 aliphatic carbocycles. The van der Waals surface area contributed by atoms with Crippen molar-refractivity contribution in [1.29, 1.82) is 0 Å². The highest BCUT2D eigenvalue weighted by molar-refractivity contribution is 5.61. The molecule has 0 atom stereocenters. The lowest BCUT2D eigenvalue weighted by molar-refractivity contribution is 0.393. The molecule has 90 valence electrons. The minimum atomic E-state index is 0.485. The highest BCUT2D eigenvalue weighted by Gasteiger charge is 2.15. The van der Waals surface area contributed by atoms with Crippen molar-refractivity contribution < 1.29 is 4.52 Å². The number of aromatic nitrogens is 3. The van der Waals surface area contributed by atoms with Crippen molar-refractivity contribution in [2.45, 2.75) is 33.6 Å². The molecule has 2 aromatic heterocycles. The van der Waals surface area contributed by atoms with E-state index in [1.165, 1.54) is 0 Å². The molecule has 2 heterocycles. The van der Waals surface area contributed by atoms with Crippen LogP contribution in [0, 0.1) is 13.8 Å². The Kier molecular flexibility index (Phi) is 3.08. The summed E-state index contributed by atoms with van der Waals surface area (Å²) in [6.45, 7) is 5.83. The van der Waals surface area contributed by atoms with Crippen molar-refractivity contribution in [3.8, 4) is 11.4 Å². The maximum Gasteiger partial charge on any atom is 0.167 e. The zero-order valence-corrected chi connectivity index (χ0v) is 10.3. The molecule has 0 bridgehead atoms. The number of rotatable bonds is 3. The Bertz CT molecular complexity index is 514. The second-order valence-electron chi connectivity index (χ2n) is 4.06. The summed E-state index contributed by atoms with van der Waals surface area (Å²) < 4.78 is 5.12. The third-order valence-corrected chi connectivity index (χ3v) is 2.56. The fraction of sp³-hybridized carbons (Fsp3) is 0.417. The standard InChI is InChI=1S/C12H16N4O/c1-4-5-9-6-10(13)15-12(14-9)11-7(2)16-17-8(11)3/h6H,4-5H2,1-3H3,(H2,13,14,15). The van der Waals surface area contributed by atoms with Gasteiger partial charge in [-0.2, -0.15) is 0 Å². The molecular formula is C12H16N4O. The molecule has 0 fully saturated rings. The number of hydrogen-bond acceptors (Lipinski definition) is 5. The van der Waals surface area contributed by atoms with Gasteiger partial charge in [-0.15, -0.1) is 0 Å². The quantitative estimate of drug-likeness (QED) is 0.878. The van der Waals surface area contributed by atoms with E-state index < -0.39 is 0 Å². The summed E-state index contributed by atoms with van der Waals surface area (Å²) in [5, 5.41) is 3.90. The highest BCUT2D eigenvalue weighted by Crippen LogP contribution is 2.24. The van der Waals surface area contributed by atoms with E-state index in [0.29, 0.717) is 11.6 Å². The first-order valence-electron chi connectivity index (χ1n) is 5.68. The van der Waals surface area contributed by atoms with Crippen molar-refractivity contribution >= 4 is 5.82 Å². The van der Waals surface area contributed by atoms with E-state index in [1.807, 2.05) is 19.9 Å². The SMILES string of the molecule is CCCc1cc(N)nc(-c2c(C)noc2C)n1. The summed E-state index contributed by atoms with van der Waals surface area (Å²) in [4.78, 5) is 8.74. The fourth-order valence-corrected chi connectivity index (χ4v) is 1.82. The molecule has 17 heavy (non-hydrogen) atoms. The van der Waals surface area contributed by atoms with Gasteiger partial charge in [0.1, 0.15) is 11.6 Å². The van der Waals surface area contributed by atoms with Gasteiger partial charge in [0.2, 0.25) is 0 Å². The maximum absolute atomic E-state index is 5.79. The average molecular weight is 232 g/mol. The van der Waals surface area contributed by atoms with Crippen LogP contribution in [0.3, 0.4) is 0 Å². The van der Waals surface area contributed by atoms with Gasteiger partial charge in [-0.25, -0.2) is 9.97 Å².